The average Bonchev–Trinajstić information content (AvgIpc) is 2.26. The largest absolute Gasteiger partial charge is 0.478 e. The van der Waals surface area contributed by atoms with E-state index in [-0.39, 0.29) is 0 Å². The minimum atomic E-state index is -0.948. The lowest BCUT2D eigenvalue weighted by atomic mass is 10.1. The van der Waals surface area contributed by atoms with Gasteiger partial charge >= 0.3 is 5.97 Å². The Morgan fingerprint density at radius 3 is 3.00 bits per heavy atom. The number of aromatic nitrogens is 1. The van der Waals surface area contributed by atoms with Crippen molar-refractivity contribution in [1.82, 2.24) is 4.98 Å². The second-order valence-corrected chi connectivity index (χ2v) is 3.13. The quantitative estimate of drug-likeness (QED) is 0.755. The van der Waals surface area contributed by atoms with Gasteiger partial charge in [0.25, 0.3) is 0 Å². The van der Waals surface area contributed by atoms with E-state index < -0.39 is 5.97 Å². The molecule has 0 aliphatic carbocycles. The van der Waals surface area contributed by atoms with Gasteiger partial charge in [-0.3, -0.25) is 4.98 Å². The Morgan fingerprint density at radius 1 is 1.33 bits per heavy atom. The van der Waals surface area contributed by atoms with Crippen LogP contribution in [0.25, 0.3) is 17.0 Å². The summed E-state index contributed by atoms with van der Waals surface area (Å²) < 4.78 is 0. The maximum atomic E-state index is 10.3. The minimum Gasteiger partial charge on any atom is -0.478 e. The number of hydrogen-bond acceptors (Lipinski definition) is 2. The Balaban J connectivity index is 2.43. The first kappa shape index (κ1) is 9.40. The molecular weight excluding hydrogens is 190 g/mol. The molecule has 0 saturated heterocycles. The molecule has 3 nitrogen and oxygen atoms in total. The van der Waals surface area contributed by atoms with Crippen LogP contribution >= 0.6 is 0 Å². The number of carboxylic acid groups (broad SMARTS) is 1. The molecular formula is C12H9NO2. The van der Waals surface area contributed by atoms with Crippen LogP contribution in [0.4, 0.5) is 0 Å². The summed E-state index contributed by atoms with van der Waals surface area (Å²) in [7, 11) is 0. The van der Waals surface area contributed by atoms with E-state index in [0.29, 0.717) is 0 Å². The summed E-state index contributed by atoms with van der Waals surface area (Å²) in [5.74, 6) is -0.948. The van der Waals surface area contributed by atoms with Gasteiger partial charge in [-0.1, -0.05) is 18.2 Å². The molecule has 2 rings (SSSR count). The van der Waals surface area contributed by atoms with Crippen LogP contribution in [0.3, 0.4) is 0 Å². The number of hydrogen-bond donors (Lipinski definition) is 1. The summed E-state index contributed by atoms with van der Waals surface area (Å²) in [6, 6.07) is 9.48. The third kappa shape index (κ3) is 2.20. The van der Waals surface area contributed by atoms with Crippen LogP contribution in [0.5, 0.6) is 0 Å². The minimum absolute atomic E-state index is 0.837. The number of rotatable bonds is 2. The molecule has 0 radical (unpaired) electrons. The third-order valence-corrected chi connectivity index (χ3v) is 2.05. The number of benzene rings is 1. The van der Waals surface area contributed by atoms with Crippen LogP contribution in [0.1, 0.15) is 5.56 Å². The molecule has 0 bridgehead atoms. The van der Waals surface area contributed by atoms with Crippen molar-refractivity contribution in [2.75, 3.05) is 0 Å². The maximum absolute atomic E-state index is 10.3. The summed E-state index contributed by atoms with van der Waals surface area (Å²) in [5.41, 5.74) is 1.70. The van der Waals surface area contributed by atoms with E-state index in [1.165, 1.54) is 0 Å². The van der Waals surface area contributed by atoms with Gasteiger partial charge in [0.05, 0.1) is 5.52 Å². The topological polar surface area (TPSA) is 50.2 Å². The van der Waals surface area contributed by atoms with E-state index in [1.54, 1.807) is 12.3 Å². The van der Waals surface area contributed by atoms with Crippen LogP contribution in [0, 0.1) is 0 Å². The van der Waals surface area contributed by atoms with Crippen molar-refractivity contribution in [1.29, 1.82) is 0 Å². The smallest absolute Gasteiger partial charge is 0.328 e. The van der Waals surface area contributed by atoms with Crippen LogP contribution in [0.2, 0.25) is 0 Å². The number of pyridine rings is 1. The van der Waals surface area contributed by atoms with E-state index in [0.717, 1.165) is 22.5 Å². The molecule has 1 aromatic carbocycles. The zero-order valence-corrected chi connectivity index (χ0v) is 7.92. The highest BCUT2D eigenvalue weighted by molar-refractivity contribution is 5.87. The van der Waals surface area contributed by atoms with E-state index in [1.807, 2.05) is 30.3 Å². The van der Waals surface area contributed by atoms with E-state index >= 15 is 0 Å². The van der Waals surface area contributed by atoms with Crippen LogP contribution in [-0.4, -0.2) is 16.1 Å². The lowest BCUT2D eigenvalue weighted by Crippen LogP contribution is -1.86. The Bertz CT molecular complexity index is 532. The second kappa shape index (κ2) is 3.92. The van der Waals surface area contributed by atoms with Crippen molar-refractivity contribution in [2.24, 2.45) is 0 Å². The number of aliphatic carboxylic acids is 1. The van der Waals surface area contributed by atoms with Crippen molar-refractivity contribution < 1.29 is 9.90 Å². The van der Waals surface area contributed by atoms with Crippen LogP contribution in [0.15, 0.2) is 42.6 Å². The van der Waals surface area contributed by atoms with Gasteiger partial charge < -0.3 is 5.11 Å². The Morgan fingerprint density at radius 2 is 2.20 bits per heavy atom. The van der Waals surface area contributed by atoms with Crippen molar-refractivity contribution in [3.63, 3.8) is 0 Å². The first-order valence-corrected chi connectivity index (χ1v) is 4.51. The normalized spacial score (nSPS) is 10.9. The van der Waals surface area contributed by atoms with Crippen molar-refractivity contribution in [2.45, 2.75) is 0 Å². The van der Waals surface area contributed by atoms with E-state index in [2.05, 4.69) is 4.98 Å². The van der Waals surface area contributed by atoms with Gasteiger partial charge in [0.15, 0.2) is 0 Å². The van der Waals surface area contributed by atoms with Gasteiger partial charge in [-0.2, -0.15) is 0 Å². The molecule has 1 N–H and O–H groups in total. The molecule has 0 fully saturated rings. The molecule has 3 heteroatoms. The van der Waals surface area contributed by atoms with Gasteiger partial charge in [0, 0.05) is 17.7 Å². The average molecular weight is 199 g/mol. The fraction of sp³-hybridized carbons (Fsp3) is 0. The van der Waals surface area contributed by atoms with Crippen LogP contribution < -0.4 is 0 Å². The molecule has 0 aliphatic rings. The number of carboxylic acids is 1. The summed E-state index contributed by atoms with van der Waals surface area (Å²) in [6.07, 6.45) is 4.38. The van der Waals surface area contributed by atoms with E-state index in [9.17, 15) is 4.79 Å². The number of carbonyl (C=O) groups is 1. The molecule has 1 heterocycles. The van der Waals surface area contributed by atoms with Gasteiger partial charge in [-0.25, -0.2) is 4.79 Å². The summed E-state index contributed by atoms with van der Waals surface area (Å²) >= 11 is 0. The van der Waals surface area contributed by atoms with E-state index in [4.69, 9.17) is 5.11 Å². The van der Waals surface area contributed by atoms with Crippen molar-refractivity contribution in [3.05, 3.63) is 48.2 Å². The standard InChI is InChI=1S/C12H9NO2/c14-12(15)6-4-9-3-5-10-2-1-7-13-11(10)8-9/h1-8H,(H,14,15). The van der Waals surface area contributed by atoms with Gasteiger partial charge in [-0.15, -0.1) is 0 Å². The highest BCUT2D eigenvalue weighted by Gasteiger charge is 1.94. The van der Waals surface area contributed by atoms with Crippen molar-refractivity contribution >= 4 is 22.9 Å². The SMILES string of the molecule is O=C(O)C=Cc1ccc2cccnc2c1. The molecule has 0 amide bonds. The zero-order valence-electron chi connectivity index (χ0n) is 7.92. The molecule has 0 aliphatic heterocycles. The third-order valence-electron chi connectivity index (χ3n) is 2.05. The highest BCUT2D eigenvalue weighted by atomic mass is 16.4. The lowest BCUT2D eigenvalue weighted by Gasteiger charge is -1.97. The first-order valence-electron chi connectivity index (χ1n) is 4.51. The Labute approximate surface area is 86.7 Å². The fourth-order valence-corrected chi connectivity index (χ4v) is 1.35. The summed E-state index contributed by atoms with van der Waals surface area (Å²) in [5, 5.41) is 9.53. The maximum Gasteiger partial charge on any atom is 0.328 e. The Kier molecular flexibility index (Phi) is 2.46. The molecule has 1 aromatic heterocycles. The first-order chi connectivity index (χ1) is 7.25. The molecule has 74 valence electrons. The summed E-state index contributed by atoms with van der Waals surface area (Å²) in [4.78, 5) is 14.5. The number of fused-ring (bicyclic) bond motifs is 1. The molecule has 0 unspecified atom stereocenters. The molecule has 2 aromatic rings. The molecule has 15 heavy (non-hydrogen) atoms. The second-order valence-electron chi connectivity index (χ2n) is 3.13. The number of nitrogens with zero attached hydrogens (tertiary/aromatic N) is 1. The Hall–Kier alpha value is -2.16. The predicted octanol–water partition coefficient (Wildman–Crippen LogP) is 2.33. The molecule has 0 spiro atoms. The van der Waals surface area contributed by atoms with Gasteiger partial charge in [0.1, 0.15) is 0 Å². The van der Waals surface area contributed by atoms with Crippen LogP contribution in [-0.2, 0) is 4.79 Å². The molecule has 0 saturated carbocycles. The lowest BCUT2D eigenvalue weighted by molar-refractivity contribution is -0.131. The fourth-order valence-electron chi connectivity index (χ4n) is 1.35. The zero-order chi connectivity index (χ0) is 10.7. The monoisotopic (exact) mass is 199 g/mol. The summed E-state index contributed by atoms with van der Waals surface area (Å²) in [6.45, 7) is 0. The molecule has 0 atom stereocenters. The predicted molar refractivity (Wildman–Crippen MR) is 58.4 cm³/mol. The van der Waals surface area contributed by atoms with Gasteiger partial charge in [0.2, 0.25) is 0 Å². The highest BCUT2D eigenvalue weighted by Crippen LogP contribution is 2.13. The van der Waals surface area contributed by atoms with Crippen molar-refractivity contribution in [3.8, 4) is 0 Å². The van der Waals surface area contributed by atoms with Gasteiger partial charge in [-0.05, 0) is 23.8 Å².